The summed E-state index contributed by atoms with van der Waals surface area (Å²) in [6, 6.07) is 7.79. The second-order valence-corrected chi connectivity index (χ2v) is 5.89. The van der Waals surface area contributed by atoms with Crippen molar-refractivity contribution in [1.29, 1.82) is 0 Å². The van der Waals surface area contributed by atoms with Crippen LogP contribution in [0.15, 0.2) is 49.1 Å². The lowest BCUT2D eigenvalue weighted by Gasteiger charge is -2.19. The summed E-state index contributed by atoms with van der Waals surface area (Å²) in [5.41, 5.74) is 4.23. The number of hydrogen-bond donors (Lipinski definition) is 0. The van der Waals surface area contributed by atoms with Crippen molar-refractivity contribution < 1.29 is 4.79 Å². The van der Waals surface area contributed by atoms with Gasteiger partial charge in [-0.2, -0.15) is 5.10 Å². The zero-order valence-corrected chi connectivity index (χ0v) is 12.8. The number of hydrogen-bond acceptors (Lipinski definition) is 4. The number of carbonyl (C=O) groups is 1. The molecule has 1 atom stereocenters. The van der Waals surface area contributed by atoms with Crippen molar-refractivity contribution in [2.45, 2.75) is 19.8 Å². The van der Waals surface area contributed by atoms with Gasteiger partial charge in [-0.15, -0.1) is 0 Å². The van der Waals surface area contributed by atoms with E-state index >= 15 is 0 Å². The Labute approximate surface area is 134 Å². The molecule has 0 amide bonds. The molecular weight excluding hydrogens is 288 g/mol. The molecule has 1 unspecified atom stereocenters. The summed E-state index contributed by atoms with van der Waals surface area (Å²) in [7, 11) is 0. The van der Waals surface area contributed by atoms with Gasteiger partial charge in [0, 0.05) is 23.9 Å². The number of ketones is 1. The summed E-state index contributed by atoms with van der Waals surface area (Å²) in [4.78, 5) is 21.0. The minimum atomic E-state index is 0.0587. The van der Waals surface area contributed by atoms with E-state index in [4.69, 9.17) is 0 Å². The number of aromatic nitrogens is 4. The second kappa shape index (κ2) is 5.43. The maximum atomic E-state index is 12.3. The van der Waals surface area contributed by atoms with Crippen molar-refractivity contribution in [3.05, 3.63) is 60.3 Å². The van der Waals surface area contributed by atoms with E-state index in [0.29, 0.717) is 5.69 Å². The molecule has 1 aliphatic rings. The summed E-state index contributed by atoms with van der Waals surface area (Å²) in [5, 5.41) is 4.36. The SMILES string of the molecule is CC1CCc2ccc(-c3cnn(-c4cccnc4)c3)nc2C1=O. The number of nitrogens with zero attached hydrogens (tertiary/aromatic N) is 4. The summed E-state index contributed by atoms with van der Waals surface area (Å²) in [5.74, 6) is 0.205. The fourth-order valence-corrected chi connectivity index (χ4v) is 2.89. The van der Waals surface area contributed by atoms with Crippen molar-refractivity contribution in [3.63, 3.8) is 0 Å². The molecule has 3 aromatic heterocycles. The number of Topliss-reactive ketones (excluding diaryl/α,β-unsaturated/α-hetero) is 1. The van der Waals surface area contributed by atoms with Crippen molar-refractivity contribution in [2.75, 3.05) is 0 Å². The molecule has 1 aliphatic carbocycles. The van der Waals surface area contributed by atoms with Crippen molar-refractivity contribution in [1.82, 2.24) is 19.7 Å². The zero-order chi connectivity index (χ0) is 15.8. The van der Waals surface area contributed by atoms with E-state index in [9.17, 15) is 4.79 Å². The first-order valence-corrected chi connectivity index (χ1v) is 7.72. The van der Waals surface area contributed by atoms with Gasteiger partial charge in [-0.05, 0) is 36.6 Å². The van der Waals surface area contributed by atoms with Gasteiger partial charge in [0.25, 0.3) is 0 Å². The zero-order valence-electron chi connectivity index (χ0n) is 12.8. The molecule has 0 N–H and O–H groups in total. The number of pyridine rings is 2. The Hall–Kier alpha value is -2.82. The molecule has 0 radical (unpaired) electrons. The highest BCUT2D eigenvalue weighted by Gasteiger charge is 2.25. The van der Waals surface area contributed by atoms with Crippen LogP contribution in [0.25, 0.3) is 16.9 Å². The topological polar surface area (TPSA) is 60.7 Å². The van der Waals surface area contributed by atoms with Crippen molar-refractivity contribution in [2.24, 2.45) is 5.92 Å². The molecular formula is C18H16N4O. The quantitative estimate of drug-likeness (QED) is 0.730. The third kappa shape index (κ3) is 2.44. The lowest BCUT2D eigenvalue weighted by molar-refractivity contribution is 0.0908. The minimum absolute atomic E-state index is 0.0587. The summed E-state index contributed by atoms with van der Waals surface area (Å²) >= 11 is 0. The average Bonchev–Trinajstić information content (AvgIpc) is 3.09. The molecule has 0 spiro atoms. The van der Waals surface area contributed by atoms with Crippen LogP contribution < -0.4 is 0 Å². The first-order valence-electron chi connectivity index (χ1n) is 7.72. The van der Waals surface area contributed by atoms with E-state index in [2.05, 4.69) is 15.1 Å². The fourth-order valence-electron chi connectivity index (χ4n) is 2.89. The third-order valence-corrected chi connectivity index (χ3v) is 4.30. The van der Waals surface area contributed by atoms with Crippen LogP contribution in [0, 0.1) is 5.92 Å². The van der Waals surface area contributed by atoms with E-state index < -0.39 is 0 Å². The molecule has 0 aromatic carbocycles. The number of carbonyl (C=O) groups excluding carboxylic acids is 1. The van der Waals surface area contributed by atoms with Gasteiger partial charge >= 0.3 is 0 Å². The van der Waals surface area contributed by atoms with Crippen LogP contribution in [-0.4, -0.2) is 25.5 Å². The van der Waals surface area contributed by atoms with Gasteiger partial charge in [-0.3, -0.25) is 9.78 Å². The van der Waals surface area contributed by atoms with Crippen LogP contribution in [0.4, 0.5) is 0 Å². The van der Waals surface area contributed by atoms with E-state index in [-0.39, 0.29) is 11.7 Å². The van der Waals surface area contributed by atoms with Crippen molar-refractivity contribution >= 4 is 5.78 Å². The fraction of sp³-hybridized carbons (Fsp3) is 0.222. The van der Waals surface area contributed by atoms with Gasteiger partial charge in [0.15, 0.2) is 5.78 Å². The predicted molar refractivity (Wildman–Crippen MR) is 86.4 cm³/mol. The highest BCUT2D eigenvalue weighted by atomic mass is 16.1. The Balaban J connectivity index is 1.72. The molecule has 3 heterocycles. The maximum absolute atomic E-state index is 12.3. The highest BCUT2D eigenvalue weighted by Crippen LogP contribution is 2.27. The van der Waals surface area contributed by atoms with E-state index in [1.54, 1.807) is 23.3 Å². The average molecular weight is 304 g/mol. The third-order valence-electron chi connectivity index (χ3n) is 4.30. The normalized spacial score (nSPS) is 17.1. The van der Waals surface area contributed by atoms with Crippen LogP contribution in [0.1, 0.15) is 29.4 Å². The summed E-state index contributed by atoms with van der Waals surface area (Å²) < 4.78 is 1.76. The maximum Gasteiger partial charge on any atom is 0.184 e. The molecule has 0 bridgehead atoms. The summed E-state index contributed by atoms with van der Waals surface area (Å²) in [6.07, 6.45) is 8.98. The Morgan fingerprint density at radius 1 is 1.22 bits per heavy atom. The van der Waals surface area contributed by atoms with Gasteiger partial charge in [0.2, 0.25) is 0 Å². The highest BCUT2D eigenvalue weighted by molar-refractivity contribution is 5.98. The molecule has 0 fully saturated rings. The van der Waals surface area contributed by atoms with Crippen molar-refractivity contribution in [3.8, 4) is 16.9 Å². The van der Waals surface area contributed by atoms with Crippen LogP contribution in [0.3, 0.4) is 0 Å². The lowest BCUT2D eigenvalue weighted by atomic mass is 9.87. The van der Waals surface area contributed by atoms with Crippen LogP contribution in [0.2, 0.25) is 0 Å². The molecule has 114 valence electrons. The molecule has 0 saturated carbocycles. The molecule has 5 heteroatoms. The van der Waals surface area contributed by atoms with Gasteiger partial charge in [-0.1, -0.05) is 13.0 Å². The number of fused-ring (bicyclic) bond motifs is 1. The Bertz CT molecular complexity index is 870. The van der Waals surface area contributed by atoms with Crippen LogP contribution in [-0.2, 0) is 6.42 Å². The Kier molecular flexibility index (Phi) is 3.26. The van der Waals surface area contributed by atoms with E-state index in [1.165, 1.54) is 0 Å². The van der Waals surface area contributed by atoms with Crippen LogP contribution in [0.5, 0.6) is 0 Å². The molecule has 5 nitrogen and oxygen atoms in total. The first-order chi connectivity index (χ1) is 11.2. The predicted octanol–water partition coefficient (Wildman–Crippen LogP) is 3.09. The Morgan fingerprint density at radius 2 is 2.13 bits per heavy atom. The smallest absolute Gasteiger partial charge is 0.184 e. The molecule has 0 aliphatic heterocycles. The summed E-state index contributed by atoms with van der Waals surface area (Å²) in [6.45, 7) is 1.97. The second-order valence-electron chi connectivity index (χ2n) is 5.89. The molecule has 23 heavy (non-hydrogen) atoms. The van der Waals surface area contributed by atoms with E-state index in [0.717, 1.165) is 35.3 Å². The molecule has 4 rings (SSSR count). The molecule has 0 saturated heterocycles. The van der Waals surface area contributed by atoms with Gasteiger partial charge in [-0.25, -0.2) is 9.67 Å². The number of rotatable bonds is 2. The largest absolute Gasteiger partial charge is 0.292 e. The van der Waals surface area contributed by atoms with E-state index in [1.807, 2.05) is 37.4 Å². The lowest BCUT2D eigenvalue weighted by Crippen LogP contribution is -2.21. The van der Waals surface area contributed by atoms with Gasteiger partial charge in [0.05, 0.1) is 23.8 Å². The Morgan fingerprint density at radius 3 is 2.96 bits per heavy atom. The molecule has 3 aromatic rings. The van der Waals surface area contributed by atoms with Gasteiger partial charge in [0.1, 0.15) is 5.69 Å². The standard InChI is InChI=1S/C18H16N4O/c1-12-4-5-13-6-7-16(21-17(13)18(12)23)14-9-20-22(11-14)15-3-2-8-19-10-15/h2-3,6-12H,4-5H2,1H3. The minimum Gasteiger partial charge on any atom is -0.292 e. The van der Waals surface area contributed by atoms with Crippen LogP contribution >= 0.6 is 0 Å². The first kappa shape index (κ1) is 13.8. The van der Waals surface area contributed by atoms with Gasteiger partial charge < -0.3 is 0 Å². The monoisotopic (exact) mass is 304 g/mol. The number of aryl methyl sites for hydroxylation is 1.